The second-order valence-corrected chi connectivity index (χ2v) is 3.24. The zero-order chi connectivity index (χ0) is 13.0. The van der Waals surface area contributed by atoms with Crippen molar-refractivity contribution >= 4 is 12.2 Å². The van der Waals surface area contributed by atoms with Crippen molar-refractivity contribution in [2.75, 3.05) is 6.54 Å². The number of imide groups is 1. The lowest BCUT2D eigenvalue weighted by Crippen LogP contribution is -2.36. The molecule has 0 saturated carbocycles. The standard InChI is InChI=1S/C10H9F2NO4/c11-7-3-6(4-8(12)5-7)1-2-13(9(14)15)10(16)17/h3-5H,1-2H2,(H,14,15)(H,16,17). The minimum atomic E-state index is -1.63. The van der Waals surface area contributed by atoms with E-state index in [-0.39, 0.29) is 23.4 Å². The van der Waals surface area contributed by atoms with Gasteiger partial charge in [0.05, 0.1) is 0 Å². The number of amides is 2. The molecular formula is C10H9F2NO4. The molecule has 0 unspecified atom stereocenters. The summed E-state index contributed by atoms with van der Waals surface area (Å²) in [5.41, 5.74) is 0.190. The van der Waals surface area contributed by atoms with E-state index in [0.29, 0.717) is 6.07 Å². The van der Waals surface area contributed by atoms with Crippen molar-refractivity contribution in [2.45, 2.75) is 6.42 Å². The average Bonchev–Trinajstić information content (AvgIpc) is 2.14. The van der Waals surface area contributed by atoms with E-state index >= 15 is 0 Å². The molecule has 2 N–H and O–H groups in total. The summed E-state index contributed by atoms with van der Waals surface area (Å²) < 4.78 is 25.6. The lowest BCUT2D eigenvalue weighted by Gasteiger charge is -2.12. The van der Waals surface area contributed by atoms with Gasteiger partial charge in [0, 0.05) is 12.6 Å². The maximum atomic E-state index is 12.8. The van der Waals surface area contributed by atoms with Gasteiger partial charge in [-0.05, 0) is 24.1 Å². The predicted octanol–water partition coefficient (Wildman–Crippen LogP) is 2.17. The van der Waals surface area contributed by atoms with E-state index in [1.54, 1.807) is 0 Å². The molecule has 0 bridgehead atoms. The van der Waals surface area contributed by atoms with Crippen LogP contribution in [0.1, 0.15) is 5.56 Å². The topological polar surface area (TPSA) is 77.8 Å². The molecular weight excluding hydrogens is 236 g/mol. The molecule has 1 rings (SSSR count). The highest BCUT2D eigenvalue weighted by molar-refractivity contribution is 5.85. The fraction of sp³-hybridized carbons (Fsp3) is 0.200. The Bertz CT molecular complexity index is 416. The Kier molecular flexibility index (Phi) is 3.97. The number of rotatable bonds is 3. The zero-order valence-electron chi connectivity index (χ0n) is 8.56. The van der Waals surface area contributed by atoms with Gasteiger partial charge in [0.1, 0.15) is 11.6 Å². The van der Waals surface area contributed by atoms with Crippen LogP contribution < -0.4 is 0 Å². The van der Waals surface area contributed by atoms with Gasteiger partial charge in [-0.1, -0.05) is 0 Å². The number of benzene rings is 1. The molecule has 0 saturated heterocycles. The third kappa shape index (κ3) is 3.71. The monoisotopic (exact) mass is 245 g/mol. The summed E-state index contributed by atoms with van der Waals surface area (Å²) in [5.74, 6) is -1.59. The van der Waals surface area contributed by atoms with Crippen LogP contribution in [-0.4, -0.2) is 33.8 Å². The van der Waals surface area contributed by atoms with Gasteiger partial charge in [-0.2, -0.15) is 0 Å². The Balaban J connectivity index is 2.72. The fourth-order valence-electron chi connectivity index (χ4n) is 1.27. The number of hydrogen-bond donors (Lipinski definition) is 2. The van der Waals surface area contributed by atoms with Crippen LogP contribution in [0.25, 0.3) is 0 Å². The largest absolute Gasteiger partial charge is 0.465 e. The first-order valence-electron chi connectivity index (χ1n) is 4.58. The molecule has 0 aliphatic rings. The second-order valence-electron chi connectivity index (χ2n) is 3.24. The first-order valence-corrected chi connectivity index (χ1v) is 4.58. The predicted molar refractivity (Wildman–Crippen MR) is 52.8 cm³/mol. The number of carboxylic acid groups (broad SMARTS) is 2. The summed E-state index contributed by atoms with van der Waals surface area (Å²) in [6.45, 7) is -0.381. The second kappa shape index (κ2) is 5.24. The molecule has 0 spiro atoms. The van der Waals surface area contributed by atoms with E-state index in [1.807, 2.05) is 0 Å². The molecule has 2 amide bonds. The van der Waals surface area contributed by atoms with Crippen LogP contribution in [0.5, 0.6) is 0 Å². The quantitative estimate of drug-likeness (QED) is 0.855. The molecule has 0 fully saturated rings. The van der Waals surface area contributed by atoms with Gasteiger partial charge < -0.3 is 10.2 Å². The highest BCUT2D eigenvalue weighted by Gasteiger charge is 2.19. The van der Waals surface area contributed by atoms with Gasteiger partial charge in [-0.3, -0.25) is 0 Å². The summed E-state index contributed by atoms with van der Waals surface area (Å²) in [7, 11) is 0. The summed E-state index contributed by atoms with van der Waals surface area (Å²) in [6.07, 6.45) is -3.35. The lowest BCUT2D eigenvalue weighted by atomic mass is 10.1. The van der Waals surface area contributed by atoms with E-state index in [1.165, 1.54) is 0 Å². The molecule has 0 aliphatic carbocycles. The van der Waals surface area contributed by atoms with Gasteiger partial charge in [-0.25, -0.2) is 23.3 Å². The average molecular weight is 245 g/mol. The van der Waals surface area contributed by atoms with E-state index < -0.39 is 23.8 Å². The molecule has 7 heteroatoms. The van der Waals surface area contributed by atoms with Crippen molar-refractivity contribution < 1.29 is 28.6 Å². The van der Waals surface area contributed by atoms with Gasteiger partial charge >= 0.3 is 12.2 Å². The Morgan fingerprint density at radius 2 is 1.53 bits per heavy atom. The Labute approximate surface area is 94.9 Å². The molecule has 0 aromatic heterocycles. The first-order chi connectivity index (χ1) is 7.90. The number of halogens is 2. The normalized spacial score (nSPS) is 10.0. The first kappa shape index (κ1) is 12.9. The van der Waals surface area contributed by atoms with Gasteiger partial charge in [-0.15, -0.1) is 0 Å². The summed E-state index contributed by atoms with van der Waals surface area (Å²) in [4.78, 5) is 21.1. The maximum Gasteiger partial charge on any atom is 0.416 e. The van der Waals surface area contributed by atoms with Crippen LogP contribution in [0.3, 0.4) is 0 Å². The van der Waals surface area contributed by atoms with Crippen LogP contribution >= 0.6 is 0 Å². The van der Waals surface area contributed by atoms with Crippen LogP contribution in [0.4, 0.5) is 18.4 Å². The van der Waals surface area contributed by atoms with E-state index in [2.05, 4.69) is 0 Å². The van der Waals surface area contributed by atoms with E-state index in [0.717, 1.165) is 12.1 Å². The third-order valence-corrected chi connectivity index (χ3v) is 2.01. The fourth-order valence-corrected chi connectivity index (χ4v) is 1.27. The highest BCUT2D eigenvalue weighted by Crippen LogP contribution is 2.09. The van der Waals surface area contributed by atoms with Gasteiger partial charge in [0.2, 0.25) is 0 Å². The molecule has 1 aromatic rings. The smallest absolute Gasteiger partial charge is 0.416 e. The Morgan fingerprint density at radius 1 is 1.06 bits per heavy atom. The Hall–Kier alpha value is -2.18. The van der Waals surface area contributed by atoms with E-state index in [9.17, 15) is 18.4 Å². The maximum absolute atomic E-state index is 12.8. The number of carbonyl (C=O) groups is 2. The summed E-state index contributed by atoms with van der Waals surface area (Å²) >= 11 is 0. The van der Waals surface area contributed by atoms with Crippen molar-refractivity contribution in [3.05, 3.63) is 35.4 Å². The number of nitrogens with zero attached hydrogens (tertiary/aromatic N) is 1. The third-order valence-electron chi connectivity index (χ3n) is 2.01. The van der Waals surface area contributed by atoms with Crippen LogP contribution in [0.2, 0.25) is 0 Å². The Morgan fingerprint density at radius 3 is 1.94 bits per heavy atom. The summed E-state index contributed by atoms with van der Waals surface area (Å²) in [5, 5.41) is 17.1. The molecule has 1 aromatic carbocycles. The van der Waals surface area contributed by atoms with Crippen molar-refractivity contribution in [1.82, 2.24) is 4.90 Å². The minimum Gasteiger partial charge on any atom is -0.465 e. The molecule has 0 heterocycles. The molecule has 5 nitrogen and oxygen atoms in total. The van der Waals surface area contributed by atoms with Gasteiger partial charge in [0.15, 0.2) is 0 Å². The van der Waals surface area contributed by atoms with Crippen molar-refractivity contribution in [2.24, 2.45) is 0 Å². The summed E-state index contributed by atoms with van der Waals surface area (Å²) in [6, 6.07) is 2.71. The molecule has 0 aliphatic heterocycles. The minimum absolute atomic E-state index is 0.0900. The van der Waals surface area contributed by atoms with E-state index in [4.69, 9.17) is 10.2 Å². The van der Waals surface area contributed by atoms with Gasteiger partial charge in [0.25, 0.3) is 0 Å². The molecule has 0 atom stereocenters. The van der Waals surface area contributed by atoms with Crippen LogP contribution in [0, 0.1) is 11.6 Å². The van der Waals surface area contributed by atoms with Crippen molar-refractivity contribution in [3.63, 3.8) is 0 Å². The SMILES string of the molecule is O=C(O)N(CCc1cc(F)cc(F)c1)C(=O)O. The number of hydrogen-bond acceptors (Lipinski definition) is 2. The highest BCUT2D eigenvalue weighted by atomic mass is 19.1. The zero-order valence-corrected chi connectivity index (χ0v) is 8.56. The van der Waals surface area contributed by atoms with Crippen LogP contribution in [-0.2, 0) is 6.42 Å². The molecule has 92 valence electrons. The van der Waals surface area contributed by atoms with Crippen molar-refractivity contribution in [1.29, 1.82) is 0 Å². The molecule has 0 radical (unpaired) electrons. The lowest BCUT2D eigenvalue weighted by molar-refractivity contribution is 0.123. The molecule has 17 heavy (non-hydrogen) atoms. The van der Waals surface area contributed by atoms with Crippen LogP contribution in [0.15, 0.2) is 18.2 Å². The van der Waals surface area contributed by atoms with Crippen molar-refractivity contribution in [3.8, 4) is 0 Å².